The van der Waals surface area contributed by atoms with Crippen LogP contribution in [0.2, 0.25) is 0 Å². The first kappa shape index (κ1) is 12.3. The zero-order chi connectivity index (χ0) is 10.2. The highest BCUT2D eigenvalue weighted by Gasteiger charge is 2.15. The van der Waals surface area contributed by atoms with Crippen LogP contribution in [0.3, 0.4) is 0 Å². The van der Waals surface area contributed by atoms with Gasteiger partial charge in [0.1, 0.15) is 0 Å². The van der Waals surface area contributed by atoms with E-state index in [2.05, 4.69) is 23.8 Å². The third kappa shape index (κ3) is 5.20. The number of nitrogens with one attached hydrogen (secondary N) is 2. The minimum absolute atomic E-state index is 0.542. The van der Waals surface area contributed by atoms with Crippen molar-refractivity contribution in [2.24, 2.45) is 0 Å². The molecule has 3 nitrogen and oxygen atoms in total. The van der Waals surface area contributed by atoms with E-state index in [4.69, 9.17) is 4.74 Å². The molecule has 14 heavy (non-hydrogen) atoms. The Bertz CT molecular complexity index is 140. The number of morpholine rings is 1. The second-order valence-electron chi connectivity index (χ2n) is 3.81. The summed E-state index contributed by atoms with van der Waals surface area (Å²) in [5.74, 6) is 1.19. The number of hydrogen-bond donors (Lipinski definition) is 2. The molecule has 1 rings (SSSR count). The molecular formula is C10H22N2OS. The molecule has 0 aliphatic carbocycles. The Morgan fingerprint density at radius 2 is 2.50 bits per heavy atom. The van der Waals surface area contributed by atoms with Gasteiger partial charge in [-0.15, -0.1) is 0 Å². The number of ether oxygens (including phenoxy) is 1. The quantitative estimate of drug-likeness (QED) is 0.643. The van der Waals surface area contributed by atoms with E-state index in [0.29, 0.717) is 12.1 Å². The van der Waals surface area contributed by atoms with E-state index >= 15 is 0 Å². The van der Waals surface area contributed by atoms with Crippen molar-refractivity contribution in [2.45, 2.75) is 25.4 Å². The van der Waals surface area contributed by atoms with Crippen LogP contribution in [-0.2, 0) is 4.74 Å². The Hall–Kier alpha value is 0.230. The first-order chi connectivity index (χ1) is 6.83. The Morgan fingerprint density at radius 3 is 3.14 bits per heavy atom. The number of rotatable bonds is 6. The van der Waals surface area contributed by atoms with Gasteiger partial charge in [0.2, 0.25) is 0 Å². The summed E-state index contributed by atoms with van der Waals surface area (Å²) in [5.41, 5.74) is 0. The molecule has 0 bridgehead atoms. The van der Waals surface area contributed by atoms with Gasteiger partial charge in [0.05, 0.1) is 13.2 Å². The molecular weight excluding hydrogens is 196 g/mol. The summed E-state index contributed by atoms with van der Waals surface area (Å²) in [6.45, 7) is 6.09. The molecule has 0 aromatic heterocycles. The predicted molar refractivity (Wildman–Crippen MR) is 63.1 cm³/mol. The van der Waals surface area contributed by atoms with Crippen molar-refractivity contribution in [1.82, 2.24) is 10.6 Å². The van der Waals surface area contributed by atoms with E-state index in [1.807, 2.05) is 11.8 Å². The van der Waals surface area contributed by atoms with Gasteiger partial charge in [-0.1, -0.05) is 0 Å². The van der Waals surface area contributed by atoms with Gasteiger partial charge in [0, 0.05) is 30.9 Å². The van der Waals surface area contributed by atoms with E-state index in [-0.39, 0.29) is 0 Å². The maximum atomic E-state index is 5.41. The van der Waals surface area contributed by atoms with Gasteiger partial charge in [-0.25, -0.2) is 0 Å². The molecule has 84 valence electrons. The molecule has 0 aromatic carbocycles. The summed E-state index contributed by atoms with van der Waals surface area (Å²) in [6.07, 6.45) is 3.30. The van der Waals surface area contributed by atoms with Crippen LogP contribution >= 0.6 is 11.8 Å². The Labute approximate surface area is 91.4 Å². The molecule has 1 saturated heterocycles. The monoisotopic (exact) mass is 218 g/mol. The Kier molecular flexibility index (Phi) is 6.60. The van der Waals surface area contributed by atoms with Crippen molar-refractivity contribution in [3.8, 4) is 0 Å². The summed E-state index contributed by atoms with van der Waals surface area (Å²) >= 11 is 1.89. The predicted octanol–water partition coefficient (Wildman–Crippen LogP) is 0.706. The van der Waals surface area contributed by atoms with Crippen LogP contribution in [0.4, 0.5) is 0 Å². The molecule has 4 heteroatoms. The lowest BCUT2D eigenvalue weighted by Gasteiger charge is -2.26. The van der Waals surface area contributed by atoms with Gasteiger partial charge in [0.25, 0.3) is 0 Å². The summed E-state index contributed by atoms with van der Waals surface area (Å²) in [4.78, 5) is 0. The summed E-state index contributed by atoms with van der Waals surface area (Å²) < 4.78 is 5.41. The van der Waals surface area contributed by atoms with Crippen LogP contribution in [0.25, 0.3) is 0 Å². The lowest BCUT2D eigenvalue weighted by atomic mass is 10.1. The molecule has 2 atom stereocenters. The van der Waals surface area contributed by atoms with Crippen LogP contribution in [0.15, 0.2) is 0 Å². The van der Waals surface area contributed by atoms with Crippen molar-refractivity contribution < 1.29 is 4.74 Å². The third-order valence-corrected chi connectivity index (χ3v) is 3.05. The number of hydrogen-bond acceptors (Lipinski definition) is 4. The van der Waals surface area contributed by atoms with E-state index in [9.17, 15) is 0 Å². The van der Waals surface area contributed by atoms with Gasteiger partial charge < -0.3 is 15.4 Å². The number of thioether (sulfide) groups is 1. The first-order valence-corrected chi connectivity index (χ1v) is 6.75. The average molecular weight is 218 g/mol. The van der Waals surface area contributed by atoms with Crippen LogP contribution < -0.4 is 10.6 Å². The highest BCUT2D eigenvalue weighted by atomic mass is 32.2. The fourth-order valence-electron chi connectivity index (χ4n) is 1.69. The van der Waals surface area contributed by atoms with Crippen molar-refractivity contribution in [3.63, 3.8) is 0 Å². The first-order valence-electron chi connectivity index (χ1n) is 5.36. The third-order valence-electron chi connectivity index (χ3n) is 2.44. The van der Waals surface area contributed by atoms with Crippen molar-refractivity contribution in [3.05, 3.63) is 0 Å². The maximum absolute atomic E-state index is 5.41. The molecule has 1 aliphatic heterocycles. The van der Waals surface area contributed by atoms with Crippen LogP contribution in [0, 0.1) is 0 Å². The molecule has 0 radical (unpaired) electrons. The SMILES string of the molecule is CSCCNC(C)CC1COCCN1. The van der Waals surface area contributed by atoms with E-state index in [1.165, 1.54) is 5.75 Å². The second kappa shape index (κ2) is 7.51. The van der Waals surface area contributed by atoms with Gasteiger partial charge in [-0.3, -0.25) is 0 Å². The van der Waals surface area contributed by atoms with Crippen LogP contribution in [-0.4, -0.2) is 50.4 Å². The second-order valence-corrected chi connectivity index (χ2v) is 4.80. The molecule has 0 saturated carbocycles. The normalized spacial score (nSPS) is 24.9. The van der Waals surface area contributed by atoms with Crippen LogP contribution in [0.5, 0.6) is 0 Å². The molecule has 1 fully saturated rings. The molecule has 2 N–H and O–H groups in total. The molecule has 1 heterocycles. The van der Waals surface area contributed by atoms with Crippen molar-refractivity contribution >= 4 is 11.8 Å². The molecule has 0 spiro atoms. The smallest absolute Gasteiger partial charge is 0.0620 e. The van der Waals surface area contributed by atoms with Crippen molar-refractivity contribution in [1.29, 1.82) is 0 Å². The fraction of sp³-hybridized carbons (Fsp3) is 1.00. The highest BCUT2D eigenvalue weighted by Crippen LogP contribution is 2.02. The largest absolute Gasteiger partial charge is 0.379 e. The molecule has 2 unspecified atom stereocenters. The summed E-state index contributed by atoms with van der Waals surface area (Å²) in [5, 5.41) is 6.98. The molecule has 1 aliphatic rings. The standard InChI is InChI=1S/C10H22N2OS/c1-9(11-4-6-14-2)7-10-8-13-5-3-12-10/h9-12H,3-8H2,1-2H3. The van der Waals surface area contributed by atoms with Gasteiger partial charge in [-0.2, -0.15) is 11.8 Å². The van der Waals surface area contributed by atoms with E-state index in [1.54, 1.807) is 0 Å². The van der Waals surface area contributed by atoms with Gasteiger partial charge in [-0.05, 0) is 19.6 Å². The van der Waals surface area contributed by atoms with Crippen LogP contribution in [0.1, 0.15) is 13.3 Å². The van der Waals surface area contributed by atoms with E-state index < -0.39 is 0 Å². The van der Waals surface area contributed by atoms with E-state index in [0.717, 1.165) is 32.7 Å². The molecule has 0 amide bonds. The summed E-state index contributed by atoms with van der Waals surface area (Å²) in [7, 11) is 0. The minimum Gasteiger partial charge on any atom is -0.379 e. The Balaban J connectivity index is 2.03. The zero-order valence-corrected chi connectivity index (χ0v) is 10.0. The topological polar surface area (TPSA) is 33.3 Å². The zero-order valence-electron chi connectivity index (χ0n) is 9.21. The summed E-state index contributed by atoms with van der Waals surface area (Å²) in [6, 6.07) is 1.13. The lowest BCUT2D eigenvalue weighted by molar-refractivity contribution is 0.0713. The maximum Gasteiger partial charge on any atom is 0.0620 e. The minimum atomic E-state index is 0.542. The fourth-order valence-corrected chi connectivity index (χ4v) is 2.01. The van der Waals surface area contributed by atoms with Gasteiger partial charge in [0.15, 0.2) is 0 Å². The average Bonchev–Trinajstić information content (AvgIpc) is 2.20. The lowest BCUT2D eigenvalue weighted by Crippen LogP contribution is -2.45. The Morgan fingerprint density at radius 1 is 1.64 bits per heavy atom. The van der Waals surface area contributed by atoms with Crippen molar-refractivity contribution in [2.75, 3.05) is 38.3 Å². The van der Waals surface area contributed by atoms with Gasteiger partial charge >= 0.3 is 0 Å². The highest BCUT2D eigenvalue weighted by molar-refractivity contribution is 7.98. The molecule has 0 aromatic rings.